The molecule has 0 saturated carbocycles. The van der Waals surface area contributed by atoms with Crippen molar-refractivity contribution in [2.45, 2.75) is 32.4 Å². The minimum atomic E-state index is 0.387. The molecule has 0 radical (unpaired) electrons. The third-order valence-electron chi connectivity index (χ3n) is 4.70. The maximum atomic E-state index is 5.57. The molecule has 0 fully saturated rings. The van der Waals surface area contributed by atoms with Gasteiger partial charge < -0.3 is 19.5 Å². The fraction of sp³-hybridized carbons (Fsp3) is 0.400. The maximum absolute atomic E-state index is 5.57. The number of fused-ring (bicyclic) bond motifs is 1. The lowest BCUT2D eigenvalue weighted by Crippen LogP contribution is -2.19. The summed E-state index contributed by atoms with van der Waals surface area (Å²) in [5.41, 5.74) is 5.26. The first-order chi connectivity index (χ1) is 11.7. The van der Waals surface area contributed by atoms with Gasteiger partial charge in [-0.2, -0.15) is 0 Å². The molecule has 0 bridgehead atoms. The second-order valence-corrected chi connectivity index (χ2v) is 6.17. The second-order valence-electron chi connectivity index (χ2n) is 6.17. The number of benzene rings is 2. The topological polar surface area (TPSA) is 39.7 Å². The van der Waals surface area contributed by atoms with Crippen molar-refractivity contribution in [1.82, 2.24) is 5.32 Å². The lowest BCUT2D eigenvalue weighted by molar-refractivity contribution is 0.321. The van der Waals surface area contributed by atoms with Crippen molar-refractivity contribution >= 4 is 0 Å². The molecule has 1 unspecified atom stereocenters. The van der Waals surface area contributed by atoms with Gasteiger partial charge in [0, 0.05) is 18.2 Å². The summed E-state index contributed by atoms with van der Waals surface area (Å²) in [7, 11) is 4.93. The molecule has 1 aliphatic rings. The van der Waals surface area contributed by atoms with Gasteiger partial charge in [0.15, 0.2) is 11.5 Å². The van der Waals surface area contributed by atoms with Gasteiger partial charge in [-0.25, -0.2) is 0 Å². The first-order valence-electron chi connectivity index (χ1n) is 8.28. The smallest absolute Gasteiger partial charge is 0.203 e. The van der Waals surface area contributed by atoms with Crippen LogP contribution < -0.4 is 19.5 Å². The Kier molecular flexibility index (Phi) is 4.95. The normalized spacial score (nSPS) is 15.9. The van der Waals surface area contributed by atoms with E-state index in [0.29, 0.717) is 17.5 Å². The number of hydrogen-bond donors (Lipinski definition) is 1. The number of hydrogen-bond acceptors (Lipinski definition) is 4. The maximum Gasteiger partial charge on any atom is 0.203 e. The number of methoxy groups -OCH3 is 3. The summed E-state index contributed by atoms with van der Waals surface area (Å²) >= 11 is 0. The average Bonchev–Trinajstić information content (AvgIpc) is 3.00. The Morgan fingerprint density at radius 3 is 2.50 bits per heavy atom. The van der Waals surface area contributed by atoms with Crippen LogP contribution in [0.5, 0.6) is 17.2 Å². The lowest BCUT2D eigenvalue weighted by atomic mass is 10.0. The van der Waals surface area contributed by atoms with Crippen LogP contribution in [0.25, 0.3) is 0 Å². The fourth-order valence-electron chi connectivity index (χ4n) is 3.47. The van der Waals surface area contributed by atoms with E-state index < -0.39 is 0 Å². The highest BCUT2D eigenvalue weighted by atomic mass is 16.5. The predicted molar refractivity (Wildman–Crippen MR) is 95.2 cm³/mol. The van der Waals surface area contributed by atoms with Gasteiger partial charge >= 0.3 is 0 Å². The van der Waals surface area contributed by atoms with E-state index in [1.165, 1.54) is 16.7 Å². The van der Waals surface area contributed by atoms with E-state index in [9.17, 15) is 0 Å². The number of nitrogens with one attached hydrogen (secondary N) is 1. The molecule has 24 heavy (non-hydrogen) atoms. The molecule has 0 amide bonds. The highest BCUT2D eigenvalue weighted by molar-refractivity contribution is 5.55. The molecule has 1 aliphatic carbocycles. The molecule has 2 aromatic carbocycles. The third kappa shape index (κ3) is 3.06. The number of aryl methyl sites for hydroxylation is 2. The molecule has 128 valence electrons. The van der Waals surface area contributed by atoms with Crippen molar-refractivity contribution in [1.29, 1.82) is 0 Å². The highest BCUT2D eigenvalue weighted by Crippen LogP contribution is 2.40. The Bertz CT molecular complexity index is 727. The van der Waals surface area contributed by atoms with Crippen LogP contribution in [0.15, 0.2) is 30.3 Å². The van der Waals surface area contributed by atoms with Crippen molar-refractivity contribution in [3.05, 3.63) is 52.6 Å². The van der Waals surface area contributed by atoms with Gasteiger partial charge in [-0.05, 0) is 37.0 Å². The quantitative estimate of drug-likeness (QED) is 0.876. The van der Waals surface area contributed by atoms with E-state index in [2.05, 4.69) is 30.4 Å². The zero-order valence-corrected chi connectivity index (χ0v) is 14.8. The summed E-state index contributed by atoms with van der Waals surface area (Å²) in [6, 6.07) is 11.1. The molecule has 4 nitrogen and oxygen atoms in total. The summed E-state index contributed by atoms with van der Waals surface area (Å²) < 4.78 is 16.4. The van der Waals surface area contributed by atoms with Gasteiger partial charge in [-0.1, -0.05) is 29.8 Å². The molecule has 3 rings (SSSR count). The van der Waals surface area contributed by atoms with E-state index in [1.54, 1.807) is 21.3 Å². The summed E-state index contributed by atoms with van der Waals surface area (Å²) in [4.78, 5) is 0. The molecule has 1 N–H and O–H groups in total. The average molecular weight is 327 g/mol. The molecular formula is C20H25NO3. The zero-order valence-electron chi connectivity index (χ0n) is 14.8. The SMILES string of the molecule is COc1ccc(CNC2CCc3ccc(C)cc32)c(OC)c1OC. The first-order valence-corrected chi connectivity index (χ1v) is 8.28. The minimum Gasteiger partial charge on any atom is -0.493 e. The van der Waals surface area contributed by atoms with E-state index >= 15 is 0 Å². The number of rotatable bonds is 6. The molecule has 1 atom stereocenters. The Labute approximate surface area is 143 Å². The molecule has 2 aromatic rings. The molecule has 4 heteroatoms. The predicted octanol–water partition coefficient (Wildman–Crippen LogP) is 3.80. The van der Waals surface area contributed by atoms with Crippen molar-refractivity contribution in [3.63, 3.8) is 0 Å². The highest BCUT2D eigenvalue weighted by Gasteiger charge is 2.23. The van der Waals surface area contributed by atoms with Gasteiger partial charge in [0.2, 0.25) is 5.75 Å². The molecule has 0 saturated heterocycles. The summed E-state index contributed by atoms with van der Waals surface area (Å²) in [5.74, 6) is 2.05. The molecule has 0 spiro atoms. The third-order valence-corrected chi connectivity index (χ3v) is 4.70. The second kappa shape index (κ2) is 7.14. The molecule has 0 aliphatic heterocycles. The number of ether oxygens (including phenoxy) is 3. The van der Waals surface area contributed by atoms with Gasteiger partial charge in [0.1, 0.15) is 0 Å². The first kappa shape index (κ1) is 16.7. The van der Waals surface area contributed by atoms with E-state index in [4.69, 9.17) is 14.2 Å². The summed E-state index contributed by atoms with van der Waals surface area (Å²) in [5, 5.41) is 3.67. The molecular weight excluding hydrogens is 302 g/mol. The fourth-order valence-corrected chi connectivity index (χ4v) is 3.47. The van der Waals surface area contributed by atoms with Crippen molar-refractivity contribution in [2.75, 3.05) is 21.3 Å². The van der Waals surface area contributed by atoms with Gasteiger partial charge in [0.05, 0.1) is 21.3 Å². The van der Waals surface area contributed by atoms with Gasteiger partial charge in [-0.15, -0.1) is 0 Å². The van der Waals surface area contributed by atoms with Crippen LogP contribution in [0.3, 0.4) is 0 Å². The van der Waals surface area contributed by atoms with Crippen LogP contribution in [-0.2, 0) is 13.0 Å². The Hall–Kier alpha value is -2.20. The van der Waals surface area contributed by atoms with E-state index in [0.717, 1.165) is 30.7 Å². The summed E-state index contributed by atoms with van der Waals surface area (Å²) in [6.45, 7) is 2.87. The Balaban J connectivity index is 1.80. The zero-order chi connectivity index (χ0) is 17.1. The standard InChI is InChI=1S/C20H25NO3/c1-13-5-6-14-7-9-17(16(14)11-13)21-12-15-8-10-18(22-2)20(24-4)19(15)23-3/h5-6,8,10-11,17,21H,7,9,12H2,1-4H3. The molecule has 0 heterocycles. The van der Waals surface area contributed by atoms with E-state index in [1.807, 2.05) is 12.1 Å². The molecule has 0 aromatic heterocycles. The van der Waals surface area contributed by atoms with Crippen LogP contribution >= 0.6 is 0 Å². The van der Waals surface area contributed by atoms with Crippen LogP contribution in [0.4, 0.5) is 0 Å². The van der Waals surface area contributed by atoms with Crippen LogP contribution in [0.2, 0.25) is 0 Å². The van der Waals surface area contributed by atoms with Gasteiger partial charge in [0.25, 0.3) is 0 Å². The monoisotopic (exact) mass is 327 g/mol. The van der Waals surface area contributed by atoms with Crippen molar-refractivity contribution < 1.29 is 14.2 Å². The summed E-state index contributed by atoms with van der Waals surface area (Å²) in [6.07, 6.45) is 2.27. The van der Waals surface area contributed by atoms with Crippen molar-refractivity contribution in [3.8, 4) is 17.2 Å². The van der Waals surface area contributed by atoms with Crippen LogP contribution in [-0.4, -0.2) is 21.3 Å². The van der Waals surface area contributed by atoms with E-state index in [-0.39, 0.29) is 0 Å². The lowest BCUT2D eigenvalue weighted by Gasteiger charge is -2.19. The van der Waals surface area contributed by atoms with Crippen molar-refractivity contribution in [2.24, 2.45) is 0 Å². The van der Waals surface area contributed by atoms with Gasteiger partial charge in [-0.3, -0.25) is 0 Å². The Morgan fingerprint density at radius 1 is 1.00 bits per heavy atom. The largest absolute Gasteiger partial charge is 0.493 e. The van der Waals surface area contributed by atoms with Crippen LogP contribution in [0.1, 0.15) is 34.7 Å². The van der Waals surface area contributed by atoms with Crippen LogP contribution in [0, 0.1) is 6.92 Å². The Morgan fingerprint density at radius 2 is 1.79 bits per heavy atom. The minimum absolute atomic E-state index is 0.387.